The summed E-state index contributed by atoms with van der Waals surface area (Å²) in [5, 5.41) is 2.17. The minimum Gasteiger partial charge on any atom is -0.456 e. The summed E-state index contributed by atoms with van der Waals surface area (Å²) < 4.78 is 11.0. The Balaban J connectivity index is 1.04. The molecule has 0 spiro atoms. The number of imidazole rings is 2. The lowest BCUT2D eigenvalue weighted by molar-refractivity contribution is 0.669. The molecule has 3 heterocycles. The van der Waals surface area contributed by atoms with Gasteiger partial charge in [0.1, 0.15) is 22.8 Å². The highest BCUT2D eigenvalue weighted by atomic mass is 16.3. The molecule has 0 radical (unpaired) electrons. The quantitative estimate of drug-likeness (QED) is 0.173. The van der Waals surface area contributed by atoms with Gasteiger partial charge in [0.15, 0.2) is 0 Å². The largest absolute Gasteiger partial charge is 0.456 e. The third-order valence-electron chi connectivity index (χ3n) is 10.5. The third kappa shape index (κ3) is 5.17. The van der Waals surface area contributed by atoms with E-state index in [1.54, 1.807) is 0 Å². The molecule has 11 rings (SSSR count). The van der Waals surface area contributed by atoms with Gasteiger partial charge in [0, 0.05) is 33.3 Å². The van der Waals surface area contributed by atoms with Crippen molar-refractivity contribution in [2.45, 2.75) is 0 Å². The minimum absolute atomic E-state index is 0.857. The van der Waals surface area contributed by atoms with Gasteiger partial charge >= 0.3 is 0 Å². The highest BCUT2D eigenvalue weighted by molar-refractivity contribution is 6.13. The Hall–Kier alpha value is -7.50. The molecule has 0 aliphatic heterocycles. The van der Waals surface area contributed by atoms with Gasteiger partial charge in [-0.25, -0.2) is 9.97 Å². The molecule has 0 N–H and O–H groups in total. The molecule has 0 bridgehead atoms. The van der Waals surface area contributed by atoms with Gasteiger partial charge in [-0.2, -0.15) is 0 Å². The van der Waals surface area contributed by atoms with E-state index in [1.807, 2.05) is 24.3 Å². The van der Waals surface area contributed by atoms with Crippen molar-refractivity contribution in [3.8, 4) is 56.4 Å². The van der Waals surface area contributed by atoms with Crippen molar-refractivity contribution in [2.75, 3.05) is 0 Å². The van der Waals surface area contributed by atoms with Crippen LogP contribution in [0.5, 0.6) is 0 Å². The molecule has 0 saturated heterocycles. The van der Waals surface area contributed by atoms with E-state index < -0.39 is 0 Å². The van der Waals surface area contributed by atoms with Crippen molar-refractivity contribution >= 4 is 44.0 Å². The Morgan fingerprint density at radius 2 is 0.873 bits per heavy atom. The summed E-state index contributed by atoms with van der Waals surface area (Å²) >= 11 is 0. The third-order valence-corrected chi connectivity index (χ3v) is 10.5. The number of hydrogen-bond acceptors (Lipinski definition) is 3. The predicted octanol–water partition coefficient (Wildman–Crippen LogP) is 12.9. The molecule has 258 valence electrons. The van der Waals surface area contributed by atoms with E-state index in [2.05, 4.69) is 179 Å². The van der Waals surface area contributed by atoms with Gasteiger partial charge in [-0.05, 0) is 101 Å². The van der Waals surface area contributed by atoms with Crippen molar-refractivity contribution < 1.29 is 4.42 Å². The minimum atomic E-state index is 0.857. The van der Waals surface area contributed by atoms with Crippen LogP contribution in [-0.4, -0.2) is 19.1 Å². The molecule has 11 aromatic rings. The fourth-order valence-electron chi connectivity index (χ4n) is 8.03. The number of fused-ring (bicyclic) bond motifs is 5. The van der Waals surface area contributed by atoms with Crippen molar-refractivity contribution in [2.24, 2.45) is 0 Å². The van der Waals surface area contributed by atoms with Crippen LogP contribution >= 0.6 is 0 Å². The molecule has 8 aromatic carbocycles. The Labute approximate surface area is 317 Å². The van der Waals surface area contributed by atoms with Crippen LogP contribution in [0.2, 0.25) is 0 Å². The van der Waals surface area contributed by atoms with Crippen LogP contribution in [-0.2, 0) is 0 Å². The van der Waals surface area contributed by atoms with Crippen LogP contribution in [0.15, 0.2) is 199 Å². The number of aromatic nitrogens is 4. The number of nitrogens with zero attached hydrogens (tertiary/aromatic N) is 4. The highest BCUT2D eigenvalue weighted by Gasteiger charge is 2.19. The number of rotatable bonds is 6. The van der Waals surface area contributed by atoms with Gasteiger partial charge in [0.05, 0.1) is 22.1 Å². The van der Waals surface area contributed by atoms with Gasteiger partial charge in [0.2, 0.25) is 0 Å². The summed E-state index contributed by atoms with van der Waals surface area (Å²) in [6.45, 7) is 0. The maximum absolute atomic E-state index is 6.50. The second-order valence-corrected chi connectivity index (χ2v) is 13.8. The first-order valence-corrected chi connectivity index (χ1v) is 18.5. The second-order valence-electron chi connectivity index (χ2n) is 13.8. The van der Waals surface area contributed by atoms with Crippen molar-refractivity contribution in [3.63, 3.8) is 0 Å². The predicted molar refractivity (Wildman–Crippen MR) is 225 cm³/mol. The van der Waals surface area contributed by atoms with Crippen LogP contribution in [0.3, 0.4) is 0 Å². The molecule has 0 fully saturated rings. The van der Waals surface area contributed by atoms with E-state index in [0.717, 1.165) is 100 Å². The average Bonchev–Trinajstić information content (AvgIpc) is 3.96. The van der Waals surface area contributed by atoms with Gasteiger partial charge in [-0.15, -0.1) is 0 Å². The standard InChI is InChI=1S/C50H32N4O/c1-3-18-38(19-4-1)53-44-25-9-7-23-42(44)51-49(53)36-16-11-14-33(30-36)34-28-29-46-41(32-34)48-40(22-13-27-47(48)55-46)35-15-12-17-37(31-35)50-52-43-24-8-10-26-45(43)54(50)39-20-5-2-6-21-39/h1-32H. The first kappa shape index (κ1) is 31.1. The molecule has 0 aliphatic rings. The van der Waals surface area contributed by atoms with Gasteiger partial charge in [0.25, 0.3) is 0 Å². The average molecular weight is 705 g/mol. The number of para-hydroxylation sites is 6. The van der Waals surface area contributed by atoms with Crippen LogP contribution in [0, 0.1) is 0 Å². The summed E-state index contributed by atoms with van der Waals surface area (Å²) in [5.74, 6) is 1.81. The second kappa shape index (κ2) is 12.6. The zero-order chi connectivity index (χ0) is 36.3. The monoisotopic (exact) mass is 704 g/mol. The van der Waals surface area contributed by atoms with Crippen molar-refractivity contribution in [1.82, 2.24) is 19.1 Å². The molecule has 0 saturated carbocycles. The summed E-state index contributed by atoms with van der Waals surface area (Å²) in [6, 6.07) is 67.8. The normalized spacial score (nSPS) is 11.6. The molecule has 0 aliphatic carbocycles. The molecular weight excluding hydrogens is 673 g/mol. The van der Waals surface area contributed by atoms with E-state index in [-0.39, 0.29) is 0 Å². The molecule has 0 unspecified atom stereocenters. The lowest BCUT2D eigenvalue weighted by atomic mass is 9.96. The van der Waals surface area contributed by atoms with Crippen LogP contribution in [0.4, 0.5) is 0 Å². The molecule has 5 nitrogen and oxygen atoms in total. The first-order valence-electron chi connectivity index (χ1n) is 18.5. The van der Waals surface area contributed by atoms with E-state index in [4.69, 9.17) is 14.4 Å². The zero-order valence-corrected chi connectivity index (χ0v) is 29.7. The van der Waals surface area contributed by atoms with E-state index in [9.17, 15) is 0 Å². The van der Waals surface area contributed by atoms with Gasteiger partial charge in [-0.3, -0.25) is 9.13 Å². The SMILES string of the molecule is c1ccc(-n2c(-c3cccc(-c4ccc5oc6cccc(-c7cccc(-c8nc9ccccc9n8-c8ccccc8)c7)c6c5c4)c3)nc3ccccc32)cc1. The lowest BCUT2D eigenvalue weighted by Gasteiger charge is -2.11. The molecule has 55 heavy (non-hydrogen) atoms. The highest BCUT2D eigenvalue weighted by Crippen LogP contribution is 2.40. The Morgan fingerprint density at radius 1 is 0.364 bits per heavy atom. The molecule has 3 aromatic heterocycles. The van der Waals surface area contributed by atoms with Gasteiger partial charge < -0.3 is 4.42 Å². The number of furan rings is 1. The van der Waals surface area contributed by atoms with E-state index >= 15 is 0 Å². The summed E-state index contributed by atoms with van der Waals surface area (Å²) in [4.78, 5) is 10.3. The Bertz CT molecular complexity index is 3210. The first-order chi connectivity index (χ1) is 27.3. The summed E-state index contributed by atoms with van der Waals surface area (Å²) in [5.41, 5.74) is 14.5. The molecular formula is C50H32N4O. The fourth-order valence-corrected chi connectivity index (χ4v) is 8.03. The van der Waals surface area contributed by atoms with Crippen molar-refractivity contribution in [3.05, 3.63) is 194 Å². The lowest BCUT2D eigenvalue weighted by Crippen LogP contribution is -1.97. The maximum atomic E-state index is 6.50. The van der Waals surface area contributed by atoms with E-state index in [0.29, 0.717) is 0 Å². The molecule has 0 amide bonds. The fraction of sp³-hybridized carbons (Fsp3) is 0. The van der Waals surface area contributed by atoms with Gasteiger partial charge in [-0.1, -0.05) is 115 Å². The number of benzene rings is 8. The number of hydrogen-bond donors (Lipinski definition) is 0. The van der Waals surface area contributed by atoms with Crippen LogP contribution in [0.1, 0.15) is 0 Å². The zero-order valence-electron chi connectivity index (χ0n) is 29.7. The summed E-state index contributed by atoms with van der Waals surface area (Å²) in [7, 11) is 0. The molecule has 0 atom stereocenters. The Kier molecular flexibility index (Phi) is 7.10. The summed E-state index contributed by atoms with van der Waals surface area (Å²) in [6.07, 6.45) is 0. The van der Waals surface area contributed by atoms with Crippen molar-refractivity contribution in [1.29, 1.82) is 0 Å². The Morgan fingerprint density at radius 3 is 1.51 bits per heavy atom. The smallest absolute Gasteiger partial charge is 0.145 e. The topological polar surface area (TPSA) is 48.8 Å². The maximum Gasteiger partial charge on any atom is 0.145 e. The van der Waals surface area contributed by atoms with Crippen LogP contribution in [0.25, 0.3) is 100 Å². The van der Waals surface area contributed by atoms with Crippen LogP contribution < -0.4 is 0 Å². The van der Waals surface area contributed by atoms with E-state index in [1.165, 1.54) is 0 Å². The molecule has 5 heteroatoms.